The number of halogens is 1. The van der Waals surface area contributed by atoms with Crippen molar-refractivity contribution in [1.82, 2.24) is 4.98 Å². The zero-order valence-corrected chi connectivity index (χ0v) is 7.92. The van der Waals surface area contributed by atoms with E-state index in [1.54, 1.807) is 12.3 Å². The van der Waals surface area contributed by atoms with Gasteiger partial charge in [0.05, 0.1) is 18.5 Å². The molecule has 3 nitrogen and oxygen atoms in total. The minimum atomic E-state index is 0.487. The fraction of sp³-hybridized carbons (Fsp3) is 0.444. The first-order chi connectivity index (χ1) is 6.25. The maximum absolute atomic E-state index is 5.87. The molecule has 70 valence electrons. The Hall–Kier alpha value is -0.960. The highest BCUT2D eigenvalue weighted by atomic mass is 35.5. The minimum absolute atomic E-state index is 0.487. The van der Waals surface area contributed by atoms with Crippen LogP contribution in [0.1, 0.15) is 12.8 Å². The summed E-state index contributed by atoms with van der Waals surface area (Å²) in [5.41, 5.74) is 6.05. The molecule has 1 heterocycles. The van der Waals surface area contributed by atoms with E-state index in [0.29, 0.717) is 22.5 Å². The van der Waals surface area contributed by atoms with Crippen molar-refractivity contribution in [2.75, 3.05) is 12.3 Å². The second-order valence-electron chi connectivity index (χ2n) is 3.31. The quantitative estimate of drug-likeness (QED) is 0.809. The van der Waals surface area contributed by atoms with Crippen LogP contribution in [0.5, 0.6) is 5.88 Å². The summed E-state index contributed by atoms with van der Waals surface area (Å²) in [7, 11) is 0. The third-order valence-electron chi connectivity index (χ3n) is 1.98. The van der Waals surface area contributed by atoms with Gasteiger partial charge in [0.15, 0.2) is 0 Å². The van der Waals surface area contributed by atoms with Crippen molar-refractivity contribution < 1.29 is 4.74 Å². The Bertz CT molecular complexity index is 312. The molecular formula is C9H11ClN2O. The Kier molecular flexibility index (Phi) is 2.27. The first kappa shape index (κ1) is 8.63. The van der Waals surface area contributed by atoms with E-state index in [0.717, 1.165) is 6.61 Å². The van der Waals surface area contributed by atoms with Gasteiger partial charge in [0, 0.05) is 0 Å². The molecule has 0 aromatic carbocycles. The smallest absolute Gasteiger partial charge is 0.232 e. The lowest BCUT2D eigenvalue weighted by Crippen LogP contribution is -2.01. The van der Waals surface area contributed by atoms with E-state index in [2.05, 4.69) is 4.98 Å². The third-order valence-corrected chi connectivity index (χ3v) is 2.25. The molecule has 0 unspecified atom stereocenters. The van der Waals surface area contributed by atoms with Crippen molar-refractivity contribution in [3.8, 4) is 5.88 Å². The third kappa shape index (κ3) is 2.25. The van der Waals surface area contributed by atoms with Crippen molar-refractivity contribution in [3.63, 3.8) is 0 Å². The SMILES string of the molecule is Nc1cnc(OCC2CC2)c(Cl)c1. The van der Waals surface area contributed by atoms with Crippen LogP contribution >= 0.6 is 11.6 Å². The molecule has 1 aliphatic carbocycles. The lowest BCUT2D eigenvalue weighted by molar-refractivity contribution is 0.289. The number of nitrogens with zero attached hydrogens (tertiary/aromatic N) is 1. The van der Waals surface area contributed by atoms with Crippen molar-refractivity contribution in [2.24, 2.45) is 5.92 Å². The number of nitrogens with two attached hydrogens (primary N) is 1. The van der Waals surface area contributed by atoms with E-state index >= 15 is 0 Å². The second kappa shape index (κ2) is 3.42. The zero-order valence-electron chi connectivity index (χ0n) is 7.16. The monoisotopic (exact) mass is 198 g/mol. The lowest BCUT2D eigenvalue weighted by atomic mass is 10.4. The molecular weight excluding hydrogens is 188 g/mol. The summed E-state index contributed by atoms with van der Waals surface area (Å²) in [4.78, 5) is 4.00. The largest absolute Gasteiger partial charge is 0.476 e. The number of hydrogen-bond acceptors (Lipinski definition) is 3. The highest BCUT2D eigenvalue weighted by molar-refractivity contribution is 6.32. The molecule has 2 rings (SSSR count). The van der Waals surface area contributed by atoms with Gasteiger partial charge in [0.25, 0.3) is 0 Å². The van der Waals surface area contributed by atoms with E-state index in [4.69, 9.17) is 22.1 Å². The Labute approximate surface area is 81.9 Å². The molecule has 2 N–H and O–H groups in total. The van der Waals surface area contributed by atoms with Crippen LogP contribution in [0, 0.1) is 5.92 Å². The molecule has 0 amide bonds. The molecule has 1 saturated carbocycles. The number of aromatic nitrogens is 1. The highest BCUT2D eigenvalue weighted by Crippen LogP contribution is 2.31. The fourth-order valence-electron chi connectivity index (χ4n) is 1.03. The Balaban J connectivity index is 2.01. The molecule has 1 fully saturated rings. The summed E-state index contributed by atoms with van der Waals surface area (Å²) in [6.07, 6.45) is 4.06. The van der Waals surface area contributed by atoms with E-state index < -0.39 is 0 Å². The van der Waals surface area contributed by atoms with Gasteiger partial charge in [-0.25, -0.2) is 4.98 Å². The van der Waals surface area contributed by atoms with Crippen molar-refractivity contribution in [1.29, 1.82) is 0 Å². The number of pyridine rings is 1. The van der Waals surface area contributed by atoms with Gasteiger partial charge in [-0.05, 0) is 24.8 Å². The summed E-state index contributed by atoms with van der Waals surface area (Å²) in [5.74, 6) is 1.19. The molecule has 1 aliphatic rings. The number of anilines is 1. The van der Waals surface area contributed by atoms with Gasteiger partial charge in [0.1, 0.15) is 5.02 Å². The molecule has 1 aromatic rings. The van der Waals surface area contributed by atoms with Crippen LogP contribution in [0.25, 0.3) is 0 Å². The van der Waals surface area contributed by atoms with Crippen molar-refractivity contribution >= 4 is 17.3 Å². The van der Waals surface area contributed by atoms with Crippen LogP contribution < -0.4 is 10.5 Å². The van der Waals surface area contributed by atoms with E-state index in [1.165, 1.54) is 12.8 Å². The summed E-state index contributed by atoms with van der Waals surface area (Å²) in [6.45, 7) is 0.719. The molecule has 0 atom stereocenters. The first-order valence-corrected chi connectivity index (χ1v) is 4.67. The van der Waals surface area contributed by atoms with Crippen molar-refractivity contribution in [2.45, 2.75) is 12.8 Å². The summed E-state index contributed by atoms with van der Waals surface area (Å²) < 4.78 is 5.42. The maximum Gasteiger partial charge on any atom is 0.232 e. The van der Waals surface area contributed by atoms with Gasteiger partial charge >= 0.3 is 0 Å². The molecule has 0 aliphatic heterocycles. The van der Waals surface area contributed by atoms with Gasteiger partial charge in [-0.3, -0.25) is 0 Å². The molecule has 0 bridgehead atoms. The number of rotatable bonds is 3. The van der Waals surface area contributed by atoms with Crippen LogP contribution in [0.4, 0.5) is 5.69 Å². The van der Waals surface area contributed by atoms with Gasteiger partial charge in [-0.2, -0.15) is 0 Å². The summed E-state index contributed by atoms with van der Waals surface area (Å²) in [6, 6.07) is 1.65. The standard InChI is InChI=1S/C9H11ClN2O/c10-8-3-7(11)4-12-9(8)13-5-6-1-2-6/h3-4,6H,1-2,5,11H2. The van der Waals surface area contributed by atoms with E-state index in [-0.39, 0.29) is 0 Å². The van der Waals surface area contributed by atoms with Crippen molar-refractivity contribution in [3.05, 3.63) is 17.3 Å². The molecule has 0 spiro atoms. The Morgan fingerprint density at radius 2 is 2.38 bits per heavy atom. The van der Waals surface area contributed by atoms with E-state index in [1.807, 2.05) is 0 Å². The lowest BCUT2D eigenvalue weighted by Gasteiger charge is -2.05. The average Bonchev–Trinajstić information content (AvgIpc) is 2.86. The number of hydrogen-bond donors (Lipinski definition) is 1. The van der Waals surface area contributed by atoms with Gasteiger partial charge < -0.3 is 10.5 Å². The predicted molar refractivity (Wildman–Crippen MR) is 51.9 cm³/mol. The molecule has 13 heavy (non-hydrogen) atoms. The molecule has 1 aromatic heterocycles. The van der Waals surface area contributed by atoms with Crippen LogP contribution in [0.2, 0.25) is 5.02 Å². The van der Waals surface area contributed by atoms with Gasteiger partial charge in [0.2, 0.25) is 5.88 Å². The predicted octanol–water partition coefficient (Wildman–Crippen LogP) is 2.11. The number of ether oxygens (including phenoxy) is 1. The second-order valence-corrected chi connectivity index (χ2v) is 3.72. The first-order valence-electron chi connectivity index (χ1n) is 4.29. The molecule has 0 saturated heterocycles. The van der Waals surface area contributed by atoms with Crippen LogP contribution in [-0.4, -0.2) is 11.6 Å². The Morgan fingerprint density at radius 1 is 1.62 bits per heavy atom. The van der Waals surface area contributed by atoms with Crippen LogP contribution in [0.15, 0.2) is 12.3 Å². The van der Waals surface area contributed by atoms with E-state index in [9.17, 15) is 0 Å². The topological polar surface area (TPSA) is 48.1 Å². The van der Waals surface area contributed by atoms with Crippen LogP contribution in [0.3, 0.4) is 0 Å². The fourth-order valence-corrected chi connectivity index (χ4v) is 1.26. The normalized spacial score (nSPS) is 15.8. The maximum atomic E-state index is 5.87. The summed E-state index contributed by atoms with van der Waals surface area (Å²) in [5, 5.41) is 0.487. The zero-order chi connectivity index (χ0) is 9.26. The Morgan fingerprint density at radius 3 is 3.00 bits per heavy atom. The number of nitrogen functional groups attached to an aromatic ring is 1. The minimum Gasteiger partial charge on any atom is -0.476 e. The summed E-state index contributed by atoms with van der Waals surface area (Å²) >= 11 is 5.87. The van der Waals surface area contributed by atoms with Gasteiger partial charge in [-0.1, -0.05) is 11.6 Å². The molecule has 4 heteroatoms. The molecule has 0 radical (unpaired) electrons. The average molecular weight is 199 g/mol. The van der Waals surface area contributed by atoms with Crippen LogP contribution in [-0.2, 0) is 0 Å². The highest BCUT2D eigenvalue weighted by Gasteiger charge is 2.22. The van der Waals surface area contributed by atoms with Gasteiger partial charge in [-0.15, -0.1) is 0 Å².